The Hall–Kier alpha value is -3.13. The summed E-state index contributed by atoms with van der Waals surface area (Å²) in [6, 6.07) is 14.7. The van der Waals surface area contributed by atoms with Crippen molar-refractivity contribution in [1.82, 2.24) is 15.2 Å². The number of carbonyl (C=O) groups is 2. The Morgan fingerprint density at radius 3 is 2.68 bits per heavy atom. The van der Waals surface area contributed by atoms with Crippen molar-refractivity contribution in [2.24, 2.45) is 0 Å². The fourth-order valence-electron chi connectivity index (χ4n) is 3.05. The van der Waals surface area contributed by atoms with E-state index in [4.69, 9.17) is 4.74 Å². The Morgan fingerprint density at radius 2 is 1.96 bits per heavy atom. The molecule has 1 aliphatic heterocycles. The number of H-pyrrole nitrogens is 1. The molecule has 2 heterocycles. The second-order valence-corrected chi connectivity index (χ2v) is 7.58. The monoisotopic (exact) mass is 394 g/mol. The summed E-state index contributed by atoms with van der Waals surface area (Å²) in [6.07, 6.45) is 0.115. The SMILES string of the molecule is COc1ccc(N2C(=O)C[C@H](Sc3n[nH]c(-c4cccc(C)c4)n3)C2=O)cc1. The van der Waals surface area contributed by atoms with Gasteiger partial charge in [-0.2, -0.15) is 0 Å². The van der Waals surface area contributed by atoms with E-state index < -0.39 is 5.25 Å². The molecule has 8 heteroatoms. The maximum Gasteiger partial charge on any atom is 0.247 e. The smallest absolute Gasteiger partial charge is 0.247 e. The quantitative estimate of drug-likeness (QED) is 0.669. The zero-order chi connectivity index (χ0) is 19.7. The Kier molecular flexibility index (Phi) is 4.87. The predicted molar refractivity (Wildman–Crippen MR) is 106 cm³/mol. The topological polar surface area (TPSA) is 88.2 Å². The fourth-order valence-corrected chi connectivity index (χ4v) is 3.98. The van der Waals surface area contributed by atoms with E-state index in [1.165, 1.54) is 16.7 Å². The molecule has 1 saturated heterocycles. The number of amides is 2. The van der Waals surface area contributed by atoms with Gasteiger partial charge in [0, 0.05) is 12.0 Å². The maximum atomic E-state index is 12.8. The van der Waals surface area contributed by atoms with Crippen LogP contribution in [-0.4, -0.2) is 39.4 Å². The molecule has 1 fully saturated rings. The molecule has 1 aromatic heterocycles. The Morgan fingerprint density at radius 1 is 1.18 bits per heavy atom. The molecule has 3 aromatic rings. The van der Waals surface area contributed by atoms with E-state index in [0.717, 1.165) is 11.1 Å². The number of hydrogen-bond donors (Lipinski definition) is 1. The van der Waals surface area contributed by atoms with Crippen LogP contribution in [0.5, 0.6) is 5.75 Å². The van der Waals surface area contributed by atoms with Gasteiger partial charge < -0.3 is 4.74 Å². The first kappa shape index (κ1) is 18.2. The number of rotatable bonds is 5. The van der Waals surface area contributed by atoms with E-state index >= 15 is 0 Å². The van der Waals surface area contributed by atoms with E-state index in [9.17, 15) is 9.59 Å². The van der Waals surface area contributed by atoms with Crippen LogP contribution in [0.3, 0.4) is 0 Å². The van der Waals surface area contributed by atoms with Crippen molar-refractivity contribution in [2.75, 3.05) is 12.0 Å². The van der Waals surface area contributed by atoms with Crippen molar-refractivity contribution >= 4 is 29.3 Å². The number of aromatic amines is 1. The normalized spacial score (nSPS) is 16.6. The number of methoxy groups -OCH3 is 1. The lowest BCUT2D eigenvalue weighted by molar-refractivity contribution is -0.121. The minimum absolute atomic E-state index is 0.115. The molecule has 1 atom stereocenters. The first-order valence-electron chi connectivity index (χ1n) is 8.72. The molecule has 2 amide bonds. The molecular formula is C20H18N4O3S. The molecular weight excluding hydrogens is 376 g/mol. The Labute approximate surface area is 166 Å². The van der Waals surface area contributed by atoms with Crippen molar-refractivity contribution in [3.05, 3.63) is 54.1 Å². The standard InChI is InChI=1S/C20H18N4O3S/c1-12-4-3-5-13(10-12)18-21-20(23-22-18)28-16-11-17(25)24(19(16)26)14-6-8-15(27-2)9-7-14/h3-10,16H,11H2,1-2H3,(H,21,22,23)/t16-/m0/s1. The van der Waals surface area contributed by atoms with Gasteiger partial charge in [-0.3, -0.25) is 14.7 Å². The van der Waals surface area contributed by atoms with Gasteiger partial charge in [0.1, 0.15) is 11.0 Å². The minimum atomic E-state index is -0.546. The summed E-state index contributed by atoms with van der Waals surface area (Å²) in [6.45, 7) is 2.01. The van der Waals surface area contributed by atoms with Crippen molar-refractivity contribution < 1.29 is 14.3 Å². The molecule has 0 spiro atoms. The van der Waals surface area contributed by atoms with Crippen LogP contribution in [0, 0.1) is 6.92 Å². The molecule has 4 rings (SSSR count). The third-order valence-electron chi connectivity index (χ3n) is 4.44. The zero-order valence-electron chi connectivity index (χ0n) is 15.4. The highest BCUT2D eigenvalue weighted by atomic mass is 32.2. The number of ether oxygens (including phenoxy) is 1. The van der Waals surface area contributed by atoms with Crippen LogP contribution in [0.1, 0.15) is 12.0 Å². The average molecular weight is 394 g/mol. The largest absolute Gasteiger partial charge is 0.497 e. The number of nitrogens with zero attached hydrogens (tertiary/aromatic N) is 3. The van der Waals surface area contributed by atoms with Gasteiger partial charge in [0.15, 0.2) is 5.82 Å². The van der Waals surface area contributed by atoms with Crippen LogP contribution in [-0.2, 0) is 9.59 Å². The molecule has 28 heavy (non-hydrogen) atoms. The number of hydrogen-bond acceptors (Lipinski definition) is 6. The summed E-state index contributed by atoms with van der Waals surface area (Å²) < 4.78 is 5.12. The molecule has 2 aromatic carbocycles. The van der Waals surface area contributed by atoms with Gasteiger partial charge in [0.2, 0.25) is 17.0 Å². The predicted octanol–water partition coefficient (Wildman–Crippen LogP) is 3.21. The highest BCUT2D eigenvalue weighted by Gasteiger charge is 2.40. The lowest BCUT2D eigenvalue weighted by Gasteiger charge is -2.14. The second-order valence-electron chi connectivity index (χ2n) is 6.41. The number of benzene rings is 2. The third-order valence-corrected chi connectivity index (χ3v) is 5.49. The van der Waals surface area contributed by atoms with E-state index in [1.54, 1.807) is 31.4 Å². The molecule has 1 N–H and O–H groups in total. The highest BCUT2D eigenvalue weighted by Crippen LogP contribution is 2.33. The number of aryl methyl sites for hydroxylation is 1. The van der Waals surface area contributed by atoms with Crippen LogP contribution >= 0.6 is 11.8 Å². The lowest BCUT2D eigenvalue weighted by atomic mass is 10.1. The summed E-state index contributed by atoms with van der Waals surface area (Å²) in [5.74, 6) is 0.803. The minimum Gasteiger partial charge on any atom is -0.497 e. The van der Waals surface area contributed by atoms with Gasteiger partial charge in [-0.1, -0.05) is 35.5 Å². The molecule has 0 radical (unpaired) electrons. The molecule has 1 aliphatic rings. The van der Waals surface area contributed by atoms with Gasteiger partial charge in [-0.05, 0) is 37.3 Å². The summed E-state index contributed by atoms with van der Waals surface area (Å²) >= 11 is 1.20. The van der Waals surface area contributed by atoms with Gasteiger partial charge >= 0.3 is 0 Å². The number of anilines is 1. The van der Waals surface area contributed by atoms with E-state index in [0.29, 0.717) is 22.4 Å². The van der Waals surface area contributed by atoms with Gasteiger partial charge in [0.25, 0.3) is 0 Å². The average Bonchev–Trinajstić information content (AvgIpc) is 3.27. The fraction of sp³-hybridized carbons (Fsp3) is 0.200. The maximum absolute atomic E-state index is 12.8. The zero-order valence-corrected chi connectivity index (χ0v) is 16.2. The number of thioether (sulfide) groups is 1. The van der Waals surface area contributed by atoms with Gasteiger partial charge in [-0.15, -0.1) is 5.10 Å². The van der Waals surface area contributed by atoms with Gasteiger partial charge in [0.05, 0.1) is 12.8 Å². The van der Waals surface area contributed by atoms with Crippen LogP contribution < -0.4 is 9.64 Å². The van der Waals surface area contributed by atoms with Crippen LogP contribution in [0.15, 0.2) is 53.7 Å². The summed E-state index contributed by atoms with van der Waals surface area (Å²) in [5, 5.41) is 6.99. The Balaban J connectivity index is 1.50. The van der Waals surface area contributed by atoms with Crippen molar-refractivity contribution in [3.8, 4) is 17.1 Å². The second kappa shape index (κ2) is 7.47. The highest BCUT2D eigenvalue weighted by molar-refractivity contribution is 8.00. The summed E-state index contributed by atoms with van der Waals surface area (Å²) in [7, 11) is 1.57. The summed E-state index contributed by atoms with van der Waals surface area (Å²) in [4.78, 5) is 30.9. The van der Waals surface area contributed by atoms with Crippen molar-refractivity contribution in [1.29, 1.82) is 0 Å². The lowest BCUT2D eigenvalue weighted by Crippen LogP contribution is -2.31. The molecule has 0 bridgehead atoms. The summed E-state index contributed by atoms with van der Waals surface area (Å²) in [5.41, 5.74) is 2.58. The first-order chi connectivity index (χ1) is 13.5. The van der Waals surface area contributed by atoms with Crippen molar-refractivity contribution in [2.45, 2.75) is 23.8 Å². The number of nitrogens with one attached hydrogen (secondary N) is 1. The van der Waals surface area contributed by atoms with Crippen LogP contribution in [0.4, 0.5) is 5.69 Å². The van der Waals surface area contributed by atoms with Crippen LogP contribution in [0.2, 0.25) is 0 Å². The Bertz CT molecular complexity index is 1030. The van der Waals surface area contributed by atoms with Gasteiger partial charge in [-0.25, -0.2) is 9.88 Å². The van der Waals surface area contributed by atoms with E-state index in [-0.39, 0.29) is 18.2 Å². The number of imide groups is 1. The molecule has 7 nitrogen and oxygen atoms in total. The van der Waals surface area contributed by atoms with Crippen molar-refractivity contribution in [3.63, 3.8) is 0 Å². The van der Waals surface area contributed by atoms with Crippen LogP contribution in [0.25, 0.3) is 11.4 Å². The molecule has 0 unspecified atom stereocenters. The van der Waals surface area contributed by atoms with E-state index in [1.807, 2.05) is 31.2 Å². The van der Waals surface area contributed by atoms with E-state index in [2.05, 4.69) is 15.2 Å². The molecule has 0 saturated carbocycles. The molecule has 142 valence electrons. The number of aromatic nitrogens is 3. The first-order valence-corrected chi connectivity index (χ1v) is 9.60. The third kappa shape index (κ3) is 3.50. The number of carbonyl (C=O) groups excluding carboxylic acids is 2. The molecule has 0 aliphatic carbocycles.